The van der Waals surface area contributed by atoms with Crippen molar-refractivity contribution in [3.05, 3.63) is 170 Å². The second-order valence-corrected chi connectivity index (χ2v) is 30.7. The van der Waals surface area contributed by atoms with Gasteiger partial charge in [-0.05, 0) is 148 Å². The Kier molecular flexibility index (Phi) is 78.5. The molecule has 0 heterocycles. The van der Waals surface area contributed by atoms with Gasteiger partial charge in [0.1, 0.15) is 25.4 Å². The molecule has 0 aromatic rings. The predicted octanol–water partition coefficient (Wildman–Crippen LogP) is 25.5. The molecule has 0 saturated carbocycles. The summed E-state index contributed by atoms with van der Waals surface area (Å²) in [7, 11) is -9.81. The van der Waals surface area contributed by atoms with Crippen LogP contribution in [0.3, 0.4) is 0 Å². The molecule has 0 rings (SSSR count). The number of hydrogen-bond donors (Lipinski definition) is 4. The van der Waals surface area contributed by atoms with Gasteiger partial charge in [0, 0.05) is 19.3 Å². The monoisotopic (exact) mass is 1560 g/mol. The Labute approximate surface area is 662 Å². The van der Waals surface area contributed by atoms with Crippen LogP contribution in [-0.2, 0) is 55.8 Å². The fourth-order valence-corrected chi connectivity index (χ4v) is 12.7. The van der Waals surface area contributed by atoms with Gasteiger partial charge in [0.25, 0.3) is 0 Å². The summed E-state index contributed by atoms with van der Waals surface area (Å²) in [6.07, 6.45) is 106. The van der Waals surface area contributed by atoms with Gasteiger partial charge in [-0.1, -0.05) is 332 Å². The van der Waals surface area contributed by atoms with Crippen molar-refractivity contribution >= 4 is 33.6 Å². The lowest BCUT2D eigenvalue weighted by Crippen LogP contribution is -2.30. The first-order valence-electron chi connectivity index (χ1n) is 42.4. The SMILES string of the molecule is CC/C=C\C/C=C\C/C=C\C/C=C\C/C=C\C/C=C\CCCCCCC(=O)OCC(COP(=O)(O)OCC(O)COP(=O)(O)OCC(O)COC(=O)CCCCCCCCCCCCCCCCCCCCC/C=C\C/C=C\C/C=C\C/C=C\C/C=C\CC)OC(=O)CCCCCCC/C=C\C/C=C\C/C=C\CC. The number of ether oxygens (including phenoxy) is 3. The van der Waals surface area contributed by atoms with Gasteiger partial charge in [-0.2, -0.15) is 0 Å². The molecule has 0 radical (unpaired) electrons. The first-order chi connectivity index (χ1) is 53.2. The molecule has 0 bridgehead atoms. The molecule has 5 atom stereocenters. The van der Waals surface area contributed by atoms with Crippen LogP contribution in [0, 0.1) is 0 Å². The van der Waals surface area contributed by atoms with Gasteiger partial charge in [0.15, 0.2) is 6.10 Å². The Balaban J connectivity index is 4.46. The average molecular weight is 1560 g/mol. The topological polar surface area (TPSA) is 231 Å². The third-order valence-corrected chi connectivity index (χ3v) is 19.3. The first kappa shape index (κ1) is 104. The van der Waals surface area contributed by atoms with Crippen molar-refractivity contribution in [2.45, 2.75) is 347 Å². The lowest BCUT2D eigenvalue weighted by molar-refractivity contribution is -0.161. The zero-order valence-electron chi connectivity index (χ0n) is 68.2. The molecule has 0 amide bonds. The fraction of sp³-hybridized carbons (Fsp3) is 0.659. The number of rotatable bonds is 79. The number of esters is 3. The van der Waals surface area contributed by atoms with Crippen LogP contribution in [0.25, 0.3) is 0 Å². The molecular formula is C91H152O16P2. The van der Waals surface area contributed by atoms with Crippen molar-refractivity contribution in [2.24, 2.45) is 0 Å². The van der Waals surface area contributed by atoms with Crippen LogP contribution in [0.2, 0.25) is 0 Å². The van der Waals surface area contributed by atoms with E-state index in [2.05, 4.69) is 191 Å². The summed E-state index contributed by atoms with van der Waals surface area (Å²) >= 11 is 0. The van der Waals surface area contributed by atoms with Gasteiger partial charge < -0.3 is 34.2 Å². The summed E-state index contributed by atoms with van der Waals surface area (Å²) in [5, 5.41) is 20.7. The first-order valence-corrected chi connectivity index (χ1v) is 45.4. The average Bonchev–Trinajstić information content (AvgIpc) is 0.916. The number of phosphoric acid groups is 2. The van der Waals surface area contributed by atoms with Crippen LogP contribution in [0.4, 0.5) is 0 Å². The summed E-state index contributed by atoms with van der Waals surface area (Å²) in [5.41, 5.74) is 0. The number of aliphatic hydroxyl groups is 2. The molecule has 16 nitrogen and oxygen atoms in total. The van der Waals surface area contributed by atoms with Gasteiger partial charge in [0.2, 0.25) is 0 Å². The molecule has 0 aliphatic heterocycles. The van der Waals surface area contributed by atoms with Gasteiger partial charge >= 0.3 is 33.6 Å². The highest BCUT2D eigenvalue weighted by molar-refractivity contribution is 7.47. The van der Waals surface area contributed by atoms with Crippen molar-refractivity contribution in [1.29, 1.82) is 0 Å². The third kappa shape index (κ3) is 83.7. The van der Waals surface area contributed by atoms with E-state index >= 15 is 0 Å². The highest BCUT2D eigenvalue weighted by Gasteiger charge is 2.29. The largest absolute Gasteiger partial charge is 0.472 e. The maximum Gasteiger partial charge on any atom is 0.472 e. The summed E-state index contributed by atoms with van der Waals surface area (Å²) in [4.78, 5) is 58.7. The zero-order chi connectivity index (χ0) is 79.4. The summed E-state index contributed by atoms with van der Waals surface area (Å²) in [6, 6.07) is 0. The van der Waals surface area contributed by atoms with Crippen LogP contribution in [0.1, 0.15) is 329 Å². The Morgan fingerprint density at radius 2 is 0.459 bits per heavy atom. The summed E-state index contributed by atoms with van der Waals surface area (Å²) < 4.78 is 61.2. The van der Waals surface area contributed by atoms with E-state index < -0.39 is 91.5 Å². The van der Waals surface area contributed by atoms with Crippen molar-refractivity contribution in [3.8, 4) is 0 Å². The predicted molar refractivity (Wildman–Crippen MR) is 454 cm³/mol. The Bertz CT molecular complexity index is 2660. The standard InChI is InChI=1S/C91H152O16P2/c1-4-7-10-13-16-19-22-25-28-30-32-34-36-37-38-39-40-41-42-43-44-45-46-47-49-51-52-54-57-59-62-65-68-71-74-77-89(94)101-80-86(92)81-103-108(97,98)104-82-87(93)83-105-109(99,100)106-85-88(107-91(96)79-76-73-70-67-64-61-56-27-24-21-18-15-12-9-6-3)84-102-90(95)78-75-72-69-66-63-60-58-55-53-50-48-35-33-31-29-26-23-20-17-14-11-8-5-2/h7-12,16-21,25-29,32-35,37-38,50,53,56,58,60,86-88,92-93H,4-6,13-15,22-24,30-31,36,39-49,51-52,54-55,57,59,61-85H2,1-3H3,(H,97,98)(H,99,100)/b10-7-,11-8-,12-9-,19-16-,20-17-,21-18-,28-25-,29-26-,34-32-,35-33-,38-37-,53-50-,56-27-,60-58-. The second-order valence-electron chi connectivity index (χ2n) is 27.8. The molecule has 0 aromatic heterocycles. The Hall–Kier alpha value is -5.09. The molecule has 0 aliphatic carbocycles. The molecule has 0 aromatic carbocycles. The number of carbonyl (C=O) groups excluding carboxylic acids is 3. The van der Waals surface area contributed by atoms with Crippen LogP contribution >= 0.6 is 15.6 Å². The van der Waals surface area contributed by atoms with Gasteiger partial charge in [-0.15, -0.1) is 0 Å². The maximum atomic E-state index is 13.0. The second kappa shape index (κ2) is 82.4. The van der Waals surface area contributed by atoms with Crippen LogP contribution in [0.5, 0.6) is 0 Å². The van der Waals surface area contributed by atoms with Crippen molar-refractivity contribution in [3.63, 3.8) is 0 Å². The van der Waals surface area contributed by atoms with Crippen LogP contribution in [-0.4, -0.2) is 95.9 Å². The van der Waals surface area contributed by atoms with Crippen LogP contribution in [0.15, 0.2) is 170 Å². The number of phosphoric ester groups is 2. The molecule has 0 fully saturated rings. The van der Waals surface area contributed by atoms with E-state index in [0.717, 1.165) is 167 Å². The number of unbranched alkanes of at least 4 members (excludes halogenated alkanes) is 28. The van der Waals surface area contributed by atoms with Crippen molar-refractivity contribution in [1.82, 2.24) is 0 Å². The van der Waals surface area contributed by atoms with E-state index in [-0.39, 0.29) is 19.3 Å². The van der Waals surface area contributed by atoms with E-state index in [4.69, 9.17) is 32.3 Å². The molecular weight excluding hydrogens is 1410 g/mol. The van der Waals surface area contributed by atoms with Crippen LogP contribution < -0.4 is 0 Å². The molecule has 0 spiro atoms. The highest BCUT2D eigenvalue weighted by Crippen LogP contribution is 2.45. The van der Waals surface area contributed by atoms with Crippen molar-refractivity contribution < 1.29 is 75.8 Å². The fourth-order valence-electron chi connectivity index (χ4n) is 11.1. The lowest BCUT2D eigenvalue weighted by Gasteiger charge is -2.21. The summed E-state index contributed by atoms with van der Waals surface area (Å²) in [5.74, 6) is -1.62. The quantitative estimate of drug-likeness (QED) is 0.0146. The van der Waals surface area contributed by atoms with Gasteiger partial charge in [0.05, 0.1) is 26.4 Å². The molecule has 0 saturated heterocycles. The van der Waals surface area contributed by atoms with Crippen molar-refractivity contribution in [2.75, 3.05) is 39.6 Å². The Morgan fingerprint density at radius 3 is 0.725 bits per heavy atom. The number of allylic oxidation sites excluding steroid dienone is 28. The Morgan fingerprint density at radius 1 is 0.257 bits per heavy atom. The highest BCUT2D eigenvalue weighted by atomic mass is 31.2. The molecule has 4 N–H and O–H groups in total. The summed E-state index contributed by atoms with van der Waals surface area (Å²) in [6.45, 7) is 2.30. The van der Waals surface area contributed by atoms with E-state index in [1.54, 1.807) is 0 Å². The lowest BCUT2D eigenvalue weighted by atomic mass is 10.0. The zero-order valence-corrected chi connectivity index (χ0v) is 70.0. The minimum Gasteiger partial charge on any atom is -0.463 e. The van der Waals surface area contributed by atoms with E-state index in [1.807, 2.05) is 0 Å². The maximum absolute atomic E-state index is 13.0. The minimum atomic E-state index is -4.95. The number of hydrogen-bond acceptors (Lipinski definition) is 14. The van der Waals surface area contributed by atoms with Gasteiger partial charge in [-0.3, -0.25) is 32.5 Å². The van der Waals surface area contributed by atoms with E-state index in [1.165, 1.54) is 103 Å². The normalized spacial score (nSPS) is 14.7. The van der Waals surface area contributed by atoms with Gasteiger partial charge in [-0.25, -0.2) is 9.13 Å². The molecule has 622 valence electrons. The third-order valence-electron chi connectivity index (χ3n) is 17.4. The number of carbonyl (C=O) groups is 3. The smallest absolute Gasteiger partial charge is 0.463 e. The minimum absolute atomic E-state index is 0.0740. The molecule has 5 unspecified atom stereocenters. The molecule has 0 aliphatic rings. The van der Waals surface area contributed by atoms with E-state index in [0.29, 0.717) is 19.3 Å². The molecule has 109 heavy (non-hydrogen) atoms. The van der Waals surface area contributed by atoms with E-state index in [9.17, 15) is 43.5 Å². The number of aliphatic hydroxyl groups excluding tert-OH is 2. The molecule has 18 heteroatoms.